The average molecular weight is 395 g/mol. The fourth-order valence-corrected chi connectivity index (χ4v) is 3.71. The van der Waals surface area contributed by atoms with Gasteiger partial charge in [-0.2, -0.15) is 4.98 Å². The molecule has 0 amide bonds. The van der Waals surface area contributed by atoms with E-state index in [4.69, 9.17) is 0 Å². The molecule has 3 N–H and O–H groups in total. The Morgan fingerprint density at radius 3 is 2.45 bits per heavy atom. The number of piperazine rings is 1. The monoisotopic (exact) mass is 395 g/mol. The number of phenols is 1. The molecule has 3 aromatic rings. The second kappa shape index (κ2) is 7.17. The molecule has 0 saturated carbocycles. The molecule has 1 aromatic carbocycles. The molecule has 2 atom stereocenters. The van der Waals surface area contributed by atoms with Crippen LogP contribution in [0.4, 0.5) is 5.95 Å². The summed E-state index contributed by atoms with van der Waals surface area (Å²) in [6, 6.07) is 6.74. The van der Waals surface area contributed by atoms with E-state index in [9.17, 15) is 19.8 Å². The van der Waals surface area contributed by atoms with Crippen molar-refractivity contribution in [3.05, 3.63) is 52.4 Å². The van der Waals surface area contributed by atoms with Crippen LogP contribution >= 0.6 is 0 Å². The van der Waals surface area contributed by atoms with E-state index in [0.29, 0.717) is 30.4 Å². The van der Waals surface area contributed by atoms with Crippen LogP contribution in [0.1, 0.15) is 24.2 Å². The van der Waals surface area contributed by atoms with Crippen molar-refractivity contribution >= 4 is 23.0 Å². The van der Waals surface area contributed by atoms with Crippen molar-refractivity contribution in [1.29, 1.82) is 0 Å². The Morgan fingerprint density at radius 1 is 1.17 bits per heavy atom. The van der Waals surface area contributed by atoms with E-state index in [-0.39, 0.29) is 28.8 Å². The first-order chi connectivity index (χ1) is 13.8. The summed E-state index contributed by atoms with van der Waals surface area (Å²) in [4.78, 5) is 35.3. The predicted molar refractivity (Wildman–Crippen MR) is 108 cm³/mol. The first-order valence-electron chi connectivity index (χ1n) is 9.29. The zero-order chi connectivity index (χ0) is 20.7. The number of anilines is 1. The van der Waals surface area contributed by atoms with Crippen LogP contribution in [0, 0.1) is 0 Å². The smallest absolute Gasteiger partial charge is 0.341 e. The number of carbonyl (C=O) groups is 1. The van der Waals surface area contributed by atoms with E-state index in [1.54, 1.807) is 16.7 Å². The lowest BCUT2D eigenvalue weighted by Crippen LogP contribution is -2.54. The SMILES string of the molecule is CC1CN(c2ncc3c(=O)c(C(=O)O)cn(-c4ccc(O)cc4)c3n2)CC(C)N1. The van der Waals surface area contributed by atoms with Crippen LogP contribution in [0.25, 0.3) is 16.7 Å². The van der Waals surface area contributed by atoms with Gasteiger partial charge in [0.1, 0.15) is 11.3 Å². The fourth-order valence-electron chi connectivity index (χ4n) is 3.71. The number of fused-ring (bicyclic) bond motifs is 1. The minimum atomic E-state index is -1.32. The highest BCUT2D eigenvalue weighted by Gasteiger charge is 2.24. The molecule has 9 nitrogen and oxygen atoms in total. The molecule has 2 unspecified atom stereocenters. The van der Waals surface area contributed by atoms with Crippen molar-refractivity contribution in [1.82, 2.24) is 19.9 Å². The molecule has 150 valence electrons. The summed E-state index contributed by atoms with van der Waals surface area (Å²) in [6.07, 6.45) is 2.65. The second-order valence-electron chi connectivity index (χ2n) is 7.34. The minimum Gasteiger partial charge on any atom is -0.508 e. The van der Waals surface area contributed by atoms with Gasteiger partial charge in [-0.1, -0.05) is 0 Å². The highest BCUT2D eigenvalue weighted by atomic mass is 16.4. The average Bonchev–Trinajstić information content (AvgIpc) is 2.68. The molecule has 0 radical (unpaired) electrons. The van der Waals surface area contributed by atoms with Gasteiger partial charge in [0.05, 0.1) is 5.39 Å². The van der Waals surface area contributed by atoms with E-state index < -0.39 is 11.4 Å². The third-order valence-corrected chi connectivity index (χ3v) is 4.93. The van der Waals surface area contributed by atoms with Crippen molar-refractivity contribution in [3.63, 3.8) is 0 Å². The standard InChI is InChI=1S/C20H21N5O4/c1-11-8-24(9-12(2)22-11)20-21-7-15-17(27)16(19(28)29)10-25(18(15)23-20)13-3-5-14(26)6-4-13/h3-7,10-12,22,26H,8-9H2,1-2H3,(H,28,29). The Bertz CT molecular complexity index is 1130. The van der Waals surface area contributed by atoms with E-state index >= 15 is 0 Å². The number of aromatic nitrogens is 3. The molecule has 4 rings (SSSR count). The largest absolute Gasteiger partial charge is 0.508 e. The first kappa shape index (κ1) is 18.9. The number of benzene rings is 1. The minimum absolute atomic E-state index is 0.0802. The van der Waals surface area contributed by atoms with E-state index in [2.05, 4.69) is 29.1 Å². The topological polar surface area (TPSA) is 121 Å². The number of phenolic OH excluding ortho intramolecular Hbond substituents is 1. The van der Waals surface area contributed by atoms with Gasteiger partial charge in [-0.25, -0.2) is 9.78 Å². The highest BCUT2D eigenvalue weighted by Crippen LogP contribution is 2.21. The number of nitrogens with one attached hydrogen (secondary N) is 1. The van der Waals surface area contributed by atoms with Gasteiger partial charge in [-0.05, 0) is 38.1 Å². The van der Waals surface area contributed by atoms with Gasteiger partial charge in [-0.15, -0.1) is 0 Å². The predicted octanol–water partition coefficient (Wildman–Crippen LogP) is 1.37. The van der Waals surface area contributed by atoms with Crippen molar-refractivity contribution in [3.8, 4) is 11.4 Å². The third kappa shape index (κ3) is 3.52. The quantitative estimate of drug-likeness (QED) is 0.608. The Labute approximate surface area is 166 Å². The highest BCUT2D eigenvalue weighted by molar-refractivity contribution is 5.92. The van der Waals surface area contributed by atoms with E-state index in [1.165, 1.54) is 24.5 Å². The summed E-state index contributed by atoms with van der Waals surface area (Å²) >= 11 is 0. The molecule has 29 heavy (non-hydrogen) atoms. The van der Waals surface area contributed by atoms with Gasteiger partial charge in [0.2, 0.25) is 11.4 Å². The van der Waals surface area contributed by atoms with E-state index in [0.717, 1.165) is 0 Å². The van der Waals surface area contributed by atoms with Crippen LogP contribution in [0.2, 0.25) is 0 Å². The van der Waals surface area contributed by atoms with Crippen LogP contribution in [0.3, 0.4) is 0 Å². The summed E-state index contributed by atoms with van der Waals surface area (Å²) in [6.45, 7) is 5.59. The molecule has 1 fully saturated rings. The lowest BCUT2D eigenvalue weighted by molar-refractivity contribution is 0.0695. The molecule has 3 heterocycles. The van der Waals surface area contributed by atoms with Crippen LogP contribution < -0.4 is 15.6 Å². The number of carboxylic acids is 1. The van der Waals surface area contributed by atoms with Gasteiger partial charge in [0, 0.05) is 43.3 Å². The van der Waals surface area contributed by atoms with Gasteiger partial charge < -0.3 is 25.0 Å². The molecular weight excluding hydrogens is 374 g/mol. The van der Waals surface area contributed by atoms with Gasteiger partial charge in [0.25, 0.3) is 0 Å². The fraction of sp³-hybridized carbons (Fsp3) is 0.300. The third-order valence-electron chi connectivity index (χ3n) is 4.93. The van der Waals surface area contributed by atoms with Crippen molar-refractivity contribution < 1.29 is 15.0 Å². The molecule has 0 aliphatic carbocycles. The molecule has 1 aliphatic heterocycles. The Morgan fingerprint density at radius 2 is 1.83 bits per heavy atom. The maximum atomic E-state index is 12.7. The number of pyridine rings is 1. The molecule has 1 aliphatic rings. The number of hydrogen-bond donors (Lipinski definition) is 3. The lowest BCUT2D eigenvalue weighted by Gasteiger charge is -2.36. The van der Waals surface area contributed by atoms with Gasteiger partial charge in [0.15, 0.2) is 5.65 Å². The molecule has 9 heteroatoms. The van der Waals surface area contributed by atoms with Crippen molar-refractivity contribution in [2.45, 2.75) is 25.9 Å². The van der Waals surface area contributed by atoms with Crippen molar-refractivity contribution in [2.75, 3.05) is 18.0 Å². The molecule has 1 saturated heterocycles. The number of nitrogens with zero attached hydrogens (tertiary/aromatic N) is 4. The lowest BCUT2D eigenvalue weighted by atomic mass is 10.1. The van der Waals surface area contributed by atoms with E-state index in [1.807, 2.05) is 4.90 Å². The Hall–Kier alpha value is -3.46. The van der Waals surface area contributed by atoms with Gasteiger partial charge >= 0.3 is 5.97 Å². The zero-order valence-electron chi connectivity index (χ0n) is 16.0. The summed E-state index contributed by atoms with van der Waals surface area (Å²) < 4.78 is 1.54. The van der Waals surface area contributed by atoms with Crippen LogP contribution in [-0.4, -0.2) is 55.9 Å². The van der Waals surface area contributed by atoms with Crippen LogP contribution in [0.15, 0.2) is 41.5 Å². The summed E-state index contributed by atoms with van der Waals surface area (Å²) in [5, 5.41) is 22.6. The van der Waals surface area contributed by atoms with Crippen LogP contribution in [-0.2, 0) is 0 Å². The Kier molecular flexibility index (Phi) is 4.67. The summed E-state index contributed by atoms with van der Waals surface area (Å²) in [5.41, 5.74) is -0.112. The van der Waals surface area contributed by atoms with Gasteiger partial charge in [-0.3, -0.25) is 4.79 Å². The number of aromatic carboxylic acids is 1. The zero-order valence-corrected chi connectivity index (χ0v) is 16.0. The number of aromatic hydroxyl groups is 1. The molecule has 0 spiro atoms. The normalized spacial score (nSPS) is 19.4. The maximum Gasteiger partial charge on any atom is 0.341 e. The molecule has 0 bridgehead atoms. The molecule has 2 aromatic heterocycles. The molecular formula is C20H21N5O4. The maximum absolute atomic E-state index is 12.7. The second-order valence-corrected chi connectivity index (χ2v) is 7.34. The first-order valence-corrected chi connectivity index (χ1v) is 9.29. The Balaban J connectivity index is 1.93. The summed E-state index contributed by atoms with van der Waals surface area (Å²) in [7, 11) is 0. The number of hydrogen-bond acceptors (Lipinski definition) is 7. The van der Waals surface area contributed by atoms with Crippen molar-refractivity contribution in [2.24, 2.45) is 0 Å². The number of carboxylic acid groups (broad SMARTS) is 1. The van der Waals surface area contributed by atoms with Crippen LogP contribution in [0.5, 0.6) is 5.75 Å². The number of rotatable bonds is 3. The summed E-state index contributed by atoms with van der Waals surface area (Å²) in [5.74, 6) is -0.761.